The average molecular weight is 414 g/mol. The van der Waals surface area contributed by atoms with Gasteiger partial charge < -0.3 is 14.8 Å². The summed E-state index contributed by atoms with van der Waals surface area (Å²) in [6.45, 7) is 5.34. The van der Waals surface area contributed by atoms with E-state index in [0.717, 1.165) is 52.6 Å². The second kappa shape index (κ2) is 7.61. The summed E-state index contributed by atoms with van der Waals surface area (Å²) in [5.74, 6) is 2.02. The molecule has 6 rings (SSSR count). The summed E-state index contributed by atoms with van der Waals surface area (Å²) < 4.78 is 2.42. The van der Waals surface area contributed by atoms with Gasteiger partial charge in [0.15, 0.2) is 11.6 Å². The summed E-state index contributed by atoms with van der Waals surface area (Å²) in [6, 6.07) is 15.6. The Hall–Kier alpha value is -2.99. The Morgan fingerprint density at radius 3 is 2.71 bits per heavy atom. The highest BCUT2D eigenvalue weighted by molar-refractivity contribution is 5.94. The van der Waals surface area contributed by atoms with Crippen molar-refractivity contribution in [3.05, 3.63) is 54.0 Å². The third-order valence-electron chi connectivity index (χ3n) is 7.19. The highest BCUT2D eigenvalue weighted by Crippen LogP contribution is 2.28. The number of anilines is 2. The van der Waals surface area contributed by atoms with Crippen LogP contribution in [0.2, 0.25) is 0 Å². The lowest BCUT2D eigenvalue weighted by molar-refractivity contribution is -0.944. The van der Waals surface area contributed by atoms with Crippen LogP contribution in [-0.2, 0) is 13.1 Å². The maximum absolute atomic E-state index is 5.04. The Morgan fingerprint density at radius 2 is 1.84 bits per heavy atom. The van der Waals surface area contributed by atoms with Crippen LogP contribution in [-0.4, -0.2) is 32.3 Å². The molecule has 31 heavy (non-hydrogen) atoms. The first-order valence-corrected chi connectivity index (χ1v) is 11.6. The third kappa shape index (κ3) is 3.35. The Kier molecular flexibility index (Phi) is 4.60. The van der Waals surface area contributed by atoms with Crippen molar-refractivity contribution in [2.24, 2.45) is 0 Å². The number of quaternary nitrogens is 1. The lowest BCUT2D eigenvalue weighted by atomic mass is 9.94. The fourth-order valence-electron chi connectivity index (χ4n) is 5.51. The number of hydrogen-bond acceptors (Lipinski definition) is 4. The van der Waals surface area contributed by atoms with Gasteiger partial charge in [0, 0.05) is 16.5 Å². The van der Waals surface area contributed by atoms with E-state index in [4.69, 9.17) is 4.98 Å². The Labute approximate surface area is 182 Å². The van der Waals surface area contributed by atoms with E-state index in [1.807, 2.05) is 19.1 Å². The molecule has 1 saturated carbocycles. The van der Waals surface area contributed by atoms with Crippen LogP contribution in [0.4, 0.5) is 11.5 Å². The monoisotopic (exact) mass is 413 g/mol. The maximum atomic E-state index is 5.04. The number of benzene rings is 2. The van der Waals surface area contributed by atoms with Gasteiger partial charge in [0.05, 0.1) is 35.9 Å². The molecule has 2 aromatic carbocycles. The molecule has 2 aromatic heterocycles. The number of hydrogen-bond donors (Lipinski definition) is 2. The molecule has 0 spiro atoms. The first-order chi connectivity index (χ1) is 15.3. The van der Waals surface area contributed by atoms with E-state index in [1.165, 1.54) is 50.0 Å². The maximum Gasteiger partial charge on any atom is 0.165 e. The van der Waals surface area contributed by atoms with Crippen LogP contribution in [0.3, 0.4) is 0 Å². The van der Waals surface area contributed by atoms with Crippen molar-refractivity contribution < 1.29 is 4.90 Å². The molecule has 0 radical (unpaired) electrons. The highest BCUT2D eigenvalue weighted by atomic mass is 15.3. The SMILES string of the molecule is Cc1nnc(Nc2ccc3c(c2)nc2n3CC[NH+](C3CCCCC3)C2)c2ccccc12. The predicted octanol–water partition coefficient (Wildman–Crippen LogP) is 3.76. The normalized spacial score (nSPS) is 19.6. The first kappa shape index (κ1) is 18.8. The Morgan fingerprint density at radius 1 is 1.00 bits per heavy atom. The summed E-state index contributed by atoms with van der Waals surface area (Å²) in [4.78, 5) is 6.78. The van der Waals surface area contributed by atoms with E-state index in [2.05, 4.69) is 50.4 Å². The predicted molar refractivity (Wildman–Crippen MR) is 124 cm³/mol. The standard InChI is InChI=1S/C25H28N6/c1-17-20-9-5-6-10-21(20)25(29-28-17)26-18-11-12-23-22(15-18)27-24-16-30(13-14-31(23)24)19-7-3-2-4-8-19/h5-6,9-12,15,19H,2-4,7-8,13-14,16H2,1H3,(H,26,29)/p+1. The van der Waals surface area contributed by atoms with Crippen LogP contribution in [0.25, 0.3) is 21.8 Å². The average Bonchev–Trinajstić information content (AvgIpc) is 3.18. The minimum absolute atomic E-state index is 0.789. The molecule has 3 heterocycles. The molecule has 6 heteroatoms. The van der Waals surface area contributed by atoms with Crippen molar-refractivity contribution in [2.45, 2.75) is 58.2 Å². The zero-order valence-corrected chi connectivity index (χ0v) is 18.1. The Balaban J connectivity index is 1.30. The molecule has 0 bridgehead atoms. The summed E-state index contributed by atoms with van der Waals surface area (Å²) in [7, 11) is 0. The van der Waals surface area contributed by atoms with Crippen LogP contribution in [0.15, 0.2) is 42.5 Å². The molecular formula is C25H29N6+. The fraction of sp³-hybridized carbons (Fsp3) is 0.400. The molecule has 2 N–H and O–H groups in total. The lowest BCUT2D eigenvalue weighted by Crippen LogP contribution is -3.15. The van der Waals surface area contributed by atoms with Gasteiger partial charge in [-0.15, -0.1) is 5.10 Å². The number of rotatable bonds is 3. The van der Waals surface area contributed by atoms with Gasteiger partial charge in [-0.25, -0.2) is 4.98 Å². The summed E-state index contributed by atoms with van der Waals surface area (Å²) >= 11 is 0. The number of imidazole rings is 1. The topological polar surface area (TPSA) is 60.1 Å². The van der Waals surface area contributed by atoms with Crippen LogP contribution in [0.5, 0.6) is 0 Å². The molecule has 1 fully saturated rings. The van der Waals surface area contributed by atoms with Crippen molar-refractivity contribution in [3.8, 4) is 0 Å². The van der Waals surface area contributed by atoms with Crippen molar-refractivity contribution in [3.63, 3.8) is 0 Å². The van der Waals surface area contributed by atoms with Gasteiger partial charge in [0.25, 0.3) is 0 Å². The lowest BCUT2D eigenvalue weighted by Gasteiger charge is -2.34. The van der Waals surface area contributed by atoms with Gasteiger partial charge in [0.2, 0.25) is 0 Å². The number of aromatic nitrogens is 4. The van der Waals surface area contributed by atoms with E-state index >= 15 is 0 Å². The smallest absolute Gasteiger partial charge is 0.165 e. The van der Waals surface area contributed by atoms with Gasteiger partial charge in [-0.05, 0) is 50.8 Å². The molecule has 1 atom stereocenters. The van der Waals surface area contributed by atoms with Crippen molar-refractivity contribution >= 4 is 33.3 Å². The van der Waals surface area contributed by atoms with Gasteiger partial charge in [-0.3, -0.25) is 0 Å². The van der Waals surface area contributed by atoms with Gasteiger partial charge in [-0.1, -0.05) is 30.7 Å². The minimum Gasteiger partial charge on any atom is -0.338 e. The fourth-order valence-corrected chi connectivity index (χ4v) is 5.51. The van der Waals surface area contributed by atoms with Gasteiger partial charge in [-0.2, -0.15) is 5.10 Å². The number of aryl methyl sites for hydroxylation is 1. The molecule has 1 aliphatic carbocycles. The minimum atomic E-state index is 0.789. The van der Waals surface area contributed by atoms with E-state index in [9.17, 15) is 0 Å². The van der Waals surface area contributed by atoms with E-state index in [-0.39, 0.29) is 0 Å². The van der Waals surface area contributed by atoms with Gasteiger partial charge >= 0.3 is 0 Å². The largest absolute Gasteiger partial charge is 0.338 e. The van der Waals surface area contributed by atoms with E-state index in [0.29, 0.717) is 0 Å². The van der Waals surface area contributed by atoms with E-state index in [1.54, 1.807) is 4.90 Å². The van der Waals surface area contributed by atoms with Gasteiger partial charge in [0.1, 0.15) is 6.54 Å². The quantitative estimate of drug-likeness (QED) is 0.537. The second-order valence-corrected chi connectivity index (χ2v) is 9.11. The van der Waals surface area contributed by atoms with Crippen LogP contribution >= 0.6 is 0 Å². The Bertz CT molecular complexity index is 1250. The second-order valence-electron chi connectivity index (χ2n) is 9.11. The van der Waals surface area contributed by atoms with E-state index < -0.39 is 0 Å². The molecule has 2 aliphatic rings. The number of fused-ring (bicyclic) bond motifs is 4. The van der Waals surface area contributed by atoms with Crippen molar-refractivity contribution in [1.29, 1.82) is 0 Å². The zero-order chi connectivity index (χ0) is 20.8. The summed E-state index contributed by atoms with van der Waals surface area (Å²) in [5.41, 5.74) is 4.25. The molecule has 1 unspecified atom stereocenters. The molecule has 158 valence electrons. The van der Waals surface area contributed by atoms with Crippen LogP contribution < -0.4 is 10.2 Å². The third-order valence-corrected chi connectivity index (χ3v) is 7.19. The van der Waals surface area contributed by atoms with Crippen LogP contribution in [0, 0.1) is 6.92 Å². The number of nitrogens with zero attached hydrogens (tertiary/aromatic N) is 4. The first-order valence-electron chi connectivity index (χ1n) is 11.6. The number of nitrogens with one attached hydrogen (secondary N) is 2. The van der Waals surface area contributed by atoms with Crippen molar-refractivity contribution in [2.75, 3.05) is 11.9 Å². The summed E-state index contributed by atoms with van der Waals surface area (Å²) in [6.07, 6.45) is 6.98. The van der Waals surface area contributed by atoms with Crippen molar-refractivity contribution in [1.82, 2.24) is 19.7 Å². The molecular weight excluding hydrogens is 384 g/mol. The summed E-state index contributed by atoms with van der Waals surface area (Å²) in [5, 5.41) is 14.5. The van der Waals surface area contributed by atoms with Crippen LogP contribution in [0.1, 0.15) is 43.6 Å². The molecule has 1 aliphatic heterocycles. The molecule has 0 saturated heterocycles. The molecule has 6 nitrogen and oxygen atoms in total. The molecule has 0 amide bonds. The highest BCUT2D eigenvalue weighted by Gasteiger charge is 2.30. The molecule has 4 aromatic rings. The zero-order valence-electron chi connectivity index (χ0n) is 18.1.